The summed E-state index contributed by atoms with van der Waals surface area (Å²) in [5, 5.41) is 0. The SMILES string of the molecule is C[SiH2]O[Si](O[Si](C)(C)C)(O[Si](C)(C)C)C(=Cc1ccccc1)[SiH](C)C. The van der Waals surface area contributed by atoms with Gasteiger partial charge in [-0.25, -0.2) is 0 Å². The fourth-order valence-corrected chi connectivity index (χ4v) is 19.8. The van der Waals surface area contributed by atoms with Crippen molar-refractivity contribution in [1.29, 1.82) is 0 Å². The van der Waals surface area contributed by atoms with Gasteiger partial charge in [-0.15, -0.1) is 0 Å². The Bertz CT molecular complexity index is 546. The van der Waals surface area contributed by atoms with Crippen molar-refractivity contribution in [2.45, 2.75) is 58.9 Å². The molecule has 0 aromatic heterocycles. The molecule has 0 aliphatic carbocycles. The lowest BCUT2D eigenvalue weighted by Crippen LogP contribution is -2.60. The lowest BCUT2D eigenvalue weighted by atomic mass is 10.2. The van der Waals surface area contributed by atoms with Gasteiger partial charge in [-0.1, -0.05) is 56.0 Å². The van der Waals surface area contributed by atoms with E-state index >= 15 is 0 Å². The summed E-state index contributed by atoms with van der Waals surface area (Å²) in [7, 11) is -8.30. The Labute approximate surface area is 162 Å². The zero-order valence-electron chi connectivity index (χ0n) is 17.5. The average molecular weight is 429 g/mol. The first-order valence-electron chi connectivity index (χ1n) is 9.20. The van der Waals surface area contributed by atoms with Crippen molar-refractivity contribution in [2.24, 2.45) is 0 Å². The van der Waals surface area contributed by atoms with Crippen molar-refractivity contribution in [3.05, 3.63) is 40.7 Å². The molecule has 0 bridgehead atoms. The van der Waals surface area contributed by atoms with Gasteiger partial charge in [-0.3, -0.25) is 0 Å². The first-order chi connectivity index (χ1) is 11.4. The molecule has 0 saturated heterocycles. The second-order valence-corrected chi connectivity index (χ2v) is 25.6. The monoisotopic (exact) mass is 428 g/mol. The summed E-state index contributed by atoms with van der Waals surface area (Å²) in [6.45, 7) is 20.4. The van der Waals surface area contributed by atoms with E-state index in [1.807, 2.05) is 0 Å². The van der Waals surface area contributed by atoms with Crippen molar-refractivity contribution in [2.75, 3.05) is 0 Å². The van der Waals surface area contributed by atoms with Crippen LogP contribution in [0.4, 0.5) is 0 Å². The van der Waals surface area contributed by atoms with E-state index in [-0.39, 0.29) is 0 Å². The maximum Gasteiger partial charge on any atom is 0.496 e. The van der Waals surface area contributed by atoms with Crippen molar-refractivity contribution in [3.8, 4) is 0 Å². The van der Waals surface area contributed by atoms with Gasteiger partial charge in [-0.05, 0) is 49.7 Å². The van der Waals surface area contributed by atoms with Gasteiger partial charge in [0.2, 0.25) is 0 Å². The second kappa shape index (κ2) is 9.22. The Morgan fingerprint density at radius 3 is 1.76 bits per heavy atom. The average Bonchev–Trinajstić information content (AvgIpc) is 2.42. The molecule has 0 unspecified atom stereocenters. The van der Waals surface area contributed by atoms with Gasteiger partial charge in [-0.2, -0.15) is 0 Å². The number of hydrogen-bond acceptors (Lipinski definition) is 3. The first kappa shape index (κ1) is 23.0. The van der Waals surface area contributed by atoms with E-state index in [4.69, 9.17) is 12.3 Å². The molecule has 0 aliphatic heterocycles. The largest absolute Gasteiger partial charge is 0.496 e. The molecule has 8 heteroatoms. The fraction of sp³-hybridized carbons (Fsp3) is 0.529. The zero-order chi connectivity index (χ0) is 19.3. The summed E-state index contributed by atoms with van der Waals surface area (Å²) in [4.78, 5) is 1.36. The molecule has 0 fully saturated rings. The molecule has 0 spiro atoms. The lowest BCUT2D eigenvalue weighted by Gasteiger charge is -2.42. The second-order valence-electron chi connectivity index (χ2n) is 8.58. The maximum absolute atomic E-state index is 6.81. The van der Waals surface area contributed by atoms with Crippen LogP contribution in [0.3, 0.4) is 0 Å². The minimum absolute atomic E-state index is 0.654. The highest BCUT2D eigenvalue weighted by Crippen LogP contribution is 2.31. The van der Waals surface area contributed by atoms with Crippen molar-refractivity contribution < 1.29 is 12.3 Å². The Morgan fingerprint density at radius 1 is 0.920 bits per heavy atom. The van der Waals surface area contributed by atoms with Crippen LogP contribution in [0.5, 0.6) is 0 Å². The first-order valence-corrected chi connectivity index (χ1v) is 22.6. The maximum atomic E-state index is 6.81. The van der Waals surface area contributed by atoms with E-state index in [9.17, 15) is 0 Å². The molecule has 0 aliphatic rings. The van der Waals surface area contributed by atoms with Crippen LogP contribution in [0.15, 0.2) is 35.2 Å². The molecule has 25 heavy (non-hydrogen) atoms. The Balaban J connectivity index is 3.53. The third kappa shape index (κ3) is 8.00. The van der Waals surface area contributed by atoms with Crippen LogP contribution in [0, 0.1) is 0 Å². The molecule has 0 radical (unpaired) electrons. The summed E-state index contributed by atoms with van der Waals surface area (Å²) in [5.41, 5.74) is 1.22. The molecule has 0 atom stereocenters. The fourth-order valence-electron chi connectivity index (χ4n) is 2.61. The summed E-state index contributed by atoms with van der Waals surface area (Å²) >= 11 is 0. The Hall–Kier alpha value is -0.0756. The molecule has 3 nitrogen and oxygen atoms in total. The molecule has 0 amide bonds. The summed E-state index contributed by atoms with van der Waals surface area (Å²) in [5.74, 6) is 0. The van der Waals surface area contributed by atoms with Crippen LogP contribution in [-0.4, -0.2) is 44.0 Å². The standard InChI is InChI=1S/C17H36O3Si5/c1-21-18-25(19-23(4,5)6,20-24(7,8)9)17(22(2)3)15-16-13-11-10-12-14-16/h10-15,22H,21H2,1-9H3. The molecule has 1 aromatic rings. The molecule has 0 heterocycles. The van der Waals surface area contributed by atoms with Crippen molar-refractivity contribution in [1.82, 2.24) is 0 Å². The number of rotatable bonds is 9. The molecule has 142 valence electrons. The molecule has 1 rings (SSSR count). The Morgan fingerprint density at radius 2 is 1.40 bits per heavy atom. The van der Waals surface area contributed by atoms with Crippen LogP contribution in [0.2, 0.25) is 58.9 Å². The van der Waals surface area contributed by atoms with Gasteiger partial charge < -0.3 is 12.3 Å². The predicted molar refractivity (Wildman–Crippen MR) is 123 cm³/mol. The van der Waals surface area contributed by atoms with E-state index in [2.05, 4.69) is 95.3 Å². The minimum atomic E-state index is -2.83. The lowest BCUT2D eigenvalue weighted by molar-refractivity contribution is 0.279. The normalized spacial score (nSPS) is 14.7. The molecule has 0 N–H and O–H groups in total. The van der Waals surface area contributed by atoms with E-state index < -0.39 is 44.0 Å². The molecular weight excluding hydrogens is 393 g/mol. The quantitative estimate of drug-likeness (QED) is 0.545. The third-order valence-electron chi connectivity index (χ3n) is 3.31. The highest BCUT2D eigenvalue weighted by atomic mass is 28.5. The van der Waals surface area contributed by atoms with Gasteiger partial charge in [0.25, 0.3) is 0 Å². The van der Waals surface area contributed by atoms with Gasteiger partial charge in [0, 0.05) is 0 Å². The van der Waals surface area contributed by atoms with Crippen molar-refractivity contribution >= 4 is 50.1 Å². The van der Waals surface area contributed by atoms with E-state index in [0.29, 0.717) is 0 Å². The van der Waals surface area contributed by atoms with Crippen LogP contribution in [0.25, 0.3) is 6.08 Å². The van der Waals surface area contributed by atoms with E-state index in [1.165, 1.54) is 10.4 Å². The smallest absolute Gasteiger partial charge is 0.420 e. The zero-order valence-corrected chi connectivity index (χ0v) is 23.0. The van der Waals surface area contributed by atoms with Crippen molar-refractivity contribution in [3.63, 3.8) is 0 Å². The third-order valence-corrected chi connectivity index (χ3v) is 18.1. The number of hydrogen-bond donors (Lipinski definition) is 0. The molecule has 1 aromatic carbocycles. The van der Waals surface area contributed by atoms with Gasteiger partial charge in [0.05, 0.1) is 8.80 Å². The summed E-state index contributed by atoms with van der Waals surface area (Å²) in [6, 6.07) is 10.5. The van der Waals surface area contributed by atoms with Crippen LogP contribution >= 0.6 is 0 Å². The van der Waals surface area contributed by atoms with Gasteiger partial charge >= 0.3 is 8.80 Å². The van der Waals surface area contributed by atoms with Crippen LogP contribution in [0.1, 0.15) is 5.56 Å². The predicted octanol–water partition coefficient (Wildman–Crippen LogP) is 4.43. The topological polar surface area (TPSA) is 27.7 Å². The summed E-state index contributed by atoms with van der Waals surface area (Å²) < 4.78 is 20.2. The summed E-state index contributed by atoms with van der Waals surface area (Å²) in [6.07, 6.45) is 2.31. The molecular formula is C17H36O3Si5. The number of benzene rings is 1. The van der Waals surface area contributed by atoms with Crippen LogP contribution in [-0.2, 0) is 12.3 Å². The van der Waals surface area contributed by atoms with E-state index in [1.54, 1.807) is 0 Å². The minimum Gasteiger partial charge on any atom is -0.420 e. The highest BCUT2D eigenvalue weighted by molar-refractivity contribution is 6.99. The van der Waals surface area contributed by atoms with Gasteiger partial charge in [0.15, 0.2) is 16.6 Å². The Kier molecular flexibility index (Phi) is 8.47. The molecule has 0 saturated carbocycles. The van der Waals surface area contributed by atoms with E-state index in [0.717, 1.165) is 0 Å². The highest BCUT2D eigenvalue weighted by Gasteiger charge is 2.51. The van der Waals surface area contributed by atoms with Gasteiger partial charge in [0.1, 0.15) is 9.76 Å². The van der Waals surface area contributed by atoms with Crippen LogP contribution < -0.4 is 0 Å².